The standard InChI is InChI=1S/C28H30N6O5S/c1-4-34-23-10-8-19(18(3)26(23)31-32-34)20(14-25(35)36)21-9-7-17(2)22(30-21)15-33-16-28(11-12-28)39-27-24(40(33,37)38)6-5-13-29-27/h5-10,13,20H,4,11-12,14-16H2,1-3H3,(H,35,36)/t20-/m0/s1. The number of carboxylic acids is 1. The maximum atomic E-state index is 13.7. The lowest BCUT2D eigenvalue weighted by molar-refractivity contribution is -0.137. The van der Waals surface area contributed by atoms with Crippen LogP contribution in [-0.4, -0.2) is 60.9 Å². The van der Waals surface area contributed by atoms with Crippen LogP contribution in [0.4, 0.5) is 0 Å². The molecule has 1 spiro atoms. The molecule has 208 valence electrons. The quantitative estimate of drug-likeness (QED) is 0.358. The highest BCUT2D eigenvalue weighted by atomic mass is 32.2. The van der Waals surface area contributed by atoms with Crippen LogP contribution in [-0.2, 0) is 27.9 Å². The van der Waals surface area contributed by atoms with Gasteiger partial charge < -0.3 is 9.84 Å². The van der Waals surface area contributed by atoms with Gasteiger partial charge in [0.2, 0.25) is 15.9 Å². The fourth-order valence-corrected chi connectivity index (χ4v) is 6.97. The Bertz CT molecular complexity index is 1750. The molecule has 11 nitrogen and oxygen atoms in total. The summed E-state index contributed by atoms with van der Waals surface area (Å²) in [4.78, 5) is 21.1. The summed E-state index contributed by atoms with van der Waals surface area (Å²) in [5, 5.41) is 18.4. The molecule has 2 aliphatic rings. The highest BCUT2D eigenvalue weighted by Crippen LogP contribution is 2.46. The van der Waals surface area contributed by atoms with Gasteiger partial charge in [0.05, 0.1) is 30.7 Å². The number of benzene rings is 1. The summed E-state index contributed by atoms with van der Waals surface area (Å²) >= 11 is 0. The molecule has 0 unspecified atom stereocenters. The van der Waals surface area contributed by atoms with Crippen molar-refractivity contribution in [2.75, 3.05) is 6.54 Å². The first-order valence-corrected chi connectivity index (χ1v) is 14.7. The number of rotatable bonds is 7. The molecule has 1 N–H and O–H groups in total. The van der Waals surface area contributed by atoms with E-state index < -0.39 is 27.5 Å². The molecule has 1 atom stereocenters. The van der Waals surface area contributed by atoms with Crippen LogP contribution in [0.3, 0.4) is 0 Å². The second kappa shape index (κ2) is 9.63. The minimum atomic E-state index is -3.91. The maximum absolute atomic E-state index is 13.7. The lowest BCUT2D eigenvalue weighted by atomic mass is 9.88. The van der Waals surface area contributed by atoms with E-state index >= 15 is 0 Å². The molecule has 0 bridgehead atoms. The molecule has 12 heteroatoms. The largest absolute Gasteiger partial charge is 0.481 e. The molecule has 3 aromatic heterocycles. The van der Waals surface area contributed by atoms with Crippen LogP contribution >= 0.6 is 0 Å². The van der Waals surface area contributed by atoms with Crippen molar-refractivity contribution in [3.8, 4) is 5.88 Å². The van der Waals surface area contributed by atoms with E-state index in [1.165, 1.54) is 16.6 Å². The monoisotopic (exact) mass is 562 g/mol. The number of nitrogens with zero attached hydrogens (tertiary/aromatic N) is 6. The van der Waals surface area contributed by atoms with Gasteiger partial charge in [0.15, 0.2) is 0 Å². The summed E-state index contributed by atoms with van der Waals surface area (Å²) in [6.07, 6.45) is 2.83. The fourth-order valence-electron chi connectivity index (χ4n) is 5.42. The van der Waals surface area contributed by atoms with Gasteiger partial charge in [-0.05, 0) is 74.6 Å². The number of fused-ring (bicyclic) bond motifs is 2. The van der Waals surface area contributed by atoms with E-state index in [-0.39, 0.29) is 30.3 Å². The third-order valence-electron chi connectivity index (χ3n) is 7.88. The number of aromatic nitrogens is 5. The predicted octanol–water partition coefficient (Wildman–Crippen LogP) is 3.58. The van der Waals surface area contributed by atoms with Crippen molar-refractivity contribution < 1.29 is 23.1 Å². The molecule has 6 rings (SSSR count). The van der Waals surface area contributed by atoms with Crippen LogP contribution in [0.2, 0.25) is 0 Å². The van der Waals surface area contributed by atoms with Crippen LogP contribution in [0.5, 0.6) is 5.88 Å². The third kappa shape index (κ3) is 4.50. The van der Waals surface area contributed by atoms with Gasteiger partial charge in [-0.2, -0.15) is 4.31 Å². The van der Waals surface area contributed by atoms with Gasteiger partial charge in [-0.15, -0.1) is 5.10 Å². The van der Waals surface area contributed by atoms with Gasteiger partial charge in [0.25, 0.3) is 0 Å². The Kier molecular flexibility index (Phi) is 6.34. The Hall–Kier alpha value is -3.90. The Balaban J connectivity index is 1.40. The van der Waals surface area contributed by atoms with E-state index in [0.717, 1.165) is 40.6 Å². The van der Waals surface area contributed by atoms with Gasteiger partial charge in [-0.25, -0.2) is 18.1 Å². The molecular formula is C28H30N6O5S. The number of carboxylic acid groups (broad SMARTS) is 1. The van der Waals surface area contributed by atoms with Gasteiger partial charge in [0.1, 0.15) is 16.0 Å². The zero-order valence-corrected chi connectivity index (χ0v) is 23.3. The maximum Gasteiger partial charge on any atom is 0.304 e. The number of hydrogen-bond donors (Lipinski definition) is 1. The Morgan fingerprint density at radius 1 is 1.18 bits per heavy atom. The van der Waals surface area contributed by atoms with Crippen molar-refractivity contribution in [3.05, 3.63) is 70.7 Å². The third-order valence-corrected chi connectivity index (χ3v) is 9.69. The molecule has 0 amide bonds. The molecule has 0 radical (unpaired) electrons. The summed E-state index contributed by atoms with van der Waals surface area (Å²) < 4.78 is 36.7. The second-order valence-electron chi connectivity index (χ2n) is 10.6. The second-order valence-corrected chi connectivity index (χ2v) is 12.5. The minimum Gasteiger partial charge on any atom is -0.481 e. The Morgan fingerprint density at radius 2 is 1.98 bits per heavy atom. The van der Waals surface area contributed by atoms with Crippen LogP contribution in [0, 0.1) is 13.8 Å². The van der Waals surface area contributed by atoms with Crippen molar-refractivity contribution in [2.45, 2.75) is 69.5 Å². The lowest BCUT2D eigenvalue weighted by Gasteiger charge is -2.24. The van der Waals surface area contributed by atoms with Crippen molar-refractivity contribution in [1.29, 1.82) is 0 Å². The highest BCUT2D eigenvalue weighted by molar-refractivity contribution is 7.89. The van der Waals surface area contributed by atoms with Crippen LogP contribution in [0.1, 0.15) is 60.2 Å². The van der Waals surface area contributed by atoms with Crippen LogP contribution in [0.15, 0.2) is 47.5 Å². The molecule has 4 aromatic rings. The zero-order valence-electron chi connectivity index (χ0n) is 22.5. The average molecular weight is 563 g/mol. The van der Waals surface area contributed by atoms with Gasteiger partial charge >= 0.3 is 5.97 Å². The topological polar surface area (TPSA) is 140 Å². The lowest BCUT2D eigenvalue weighted by Crippen LogP contribution is -2.38. The van der Waals surface area contributed by atoms with E-state index in [1.807, 2.05) is 45.0 Å². The number of pyridine rings is 2. The average Bonchev–Trinajstić information content (AvgIpc) is 3.56. The fraction of sp³-hybridized carbons (Fsp3) is 0.393. The molecule has 0 saturated heterocycles. The number of carbonyl (C=O) groups is 1. The first kappa shape index (κ1) is 26.3. The van der Waals surface area contributed by atoms with Gasteiger partial charge in [-0.1, -0.05) is 17.3 Å². The minimum absolute atomic E-state index is 0.0318. The molecule has 1 saturated carbocycles. The van der Waals surface area contributed by atoms with Gasteiger partial charge in [0, 0.05) is 24.4 Å². The number of hydrogen-bond acceptors (Lipinski definition) is 8. The molecule has 1 aliphatic heterocycles. The molecule has 40 heavy (non-hydrogen) atoms. The number of ether oxygens (including phenoxy) is 1. The smallest absolute Gasteiger partial charge is 0.304 e. The van der Waals surface area contributed by atoms with Crippen LogP contribution < -0.4 is 4.74 Å². The summed E-state index contributed by atoms with van der Waals surface area (Å²) in [6.45, 7) is 6.67. The first-order valence-electron chi connectivity index (χ1n) is 13.3. The number of sulfonamides is 1. The molecule has 4 heterocycles. The SMILES string of the molecule is CCn1nnc2c(C)c([C@H](CC(=O)O)c3ccc(C)c(CN4CC5(CC5)Oc5ncccc5S4(=O)=O)n3)ccc21. The highest BCUT2D eigenvalue weighted by Gasteiger charge is 2.52. The van der Waals surface area contributed by atoms with Crippen molar-refractivity contribution in [1.82, 2.24) is 29.3 Å². The molecular weight excluding hydrogens is 532 g/mol. The predicted molar refractivity (Wildman–Crippen MR) is 145 cm³/mol. The Labute approximate surface area is 231 Å². The summed E-state index contributed by atoms with van der Waals surface area (Å²) in [5.74, 6) is -1.39. The Morgan fingerprint density at radius 3 is 2.70 bits per heavy atom. The molecule has 1 fully saturated rings. The number of aliphatic carboxylic acids is 1. The van der Waals surface area contributed by atoms with Gasteiger partial charge in [-0.3, -0.25) is 9.78 Å². The van der Waals surface area contributed by atoms with Crippen LogP contribution in [0.25, 0.3) is 11.0 Å². The van der Waals surface area contributed by atoms with Crippen molar-refractivity contribution in [3.63, 3.8) is 0 Å². The summed E-state index contributed by atoms with van der Waals surface area (Å²) in [5.41, 5.74) is 4.59. The van der Waals surface area contributed by atoms with E-state index in [0.29, 0.717) is 17.9 Å². The normalized spacial score (nSPS) is 18.2. The summed E-state index contributed by atoms with van der Waals surface area (Å²) in [6, 6.07) is 10.6. The van der Waals surface area contributed by atoms with E-state index in [9.17, 15) is 18.3 Å². The van der Waals surface area contributed by atoms with Crippen molar-refractivity contribution in [2.24, 2.45) is 0 Å². The summed E-state index contributed by atoms with van der Waals surface area (Å²) in [7, 11) is -3.91. The molecule has 1 aromatic carbocycles. The van der Waals surface area contributed by atoms with Crippen molar-refractivity contribution >= 4 is 27.0 Å². The number of aryl methyl sites for hydroxylation is 3. The van der Waals surface area contributed by atoms with E-state index in [1.54, 1.807) is 10.7 Å². The first-order chi connectivity index (χ1) is 19.1. The molecule has 1 aliphatic carbocycles. The van der Waals surface area contributed by atoms with E-state index in [2.05, 4.69) is 15.3 Å². The van der Waals surface area contributed by atoms with E-state index in [4.69, 9.17) is 9.72 Å². The zero-order chi connectivity index (χ0) is 28.2.